The molecule has 0 amide bonds. The number of sulfone groups is 1. The van der Waals surface area contributed by atoms with Gasteiger partial charge in [-0.25, -0.2) is 8.42 Å². The summed E-state index contributed by atoms with van der Waals surface area (Å²) in [5, 5.41) is 0.962. The molecule has 120 valence electrons. The minimum atomic E-state index is -2.72. The van der Waals surface area contributed by atoms with Gasteiger partial charge in [0.1, 0.15) is 0 Å². The van der Waals surface area contributed by atoms with Gasteiger partial charge in [-0.05, 0) is 24.7 Å². The van der Waals surface area contributed by atoms with Crippen molar-refractivity contribution in [2.24, 2.45) is 11.8 Å². The molecule has 0 aromatic rings. The lowest BCUT2D eigenvalue weighted by molar-refractivity contribution is 0.364. The fraction of sp³-hybridized carbons (Fsp3) is 1.00. The Kier molecular flexibility index (Phi) is 9.43. The summed E-state index contributed by atoms with van der Waals surface area (Å²) in [4.78, 5) is 0. The molecule has 2 nitrogen and oxygen atoms in total. The highest BCUT2D eigenvalue weighted by atomic mass is 79.9. The van der Waals surface area contributed by atoms with Gasteiger partial charge in [0.05, 0.1) is 11.5 Å². The van der Waals surface area contributed by atoms with Crippen LogP contribution < -0.4 is 0 Å². The molecule has 0 aromatic carbocycles. The number of alkyl halides is 1. The fourth-order valence-electron chi connectivity index (χ4n) is 3.17. The van der Waals surface area contributed by atoms with Crippen LogP contribution in [0, 0.1) is 11.8 Å². The van der Waals surface area contributed by atoms with Crippen molar-refractivity contribution in [3.8, 4) is 0 Å². The smallest absolute Gasteiger partial charge is 0.150 e. The summed E-state index contributed by atoms with van der Waals surface area (Å²) < 4.78 is 23.1. The Bertz CT molecular complexity index is 340. The summed E-state index contributed by atoms with van der Waals surface area (Å²) in [6.45, 7) is 2.25. The third-order valence-electron chi connectivity index (χ3n) is 4.56. The molecule has 1 aliphatic rings. The van der Waals surface area contributed by atoms with E-state index in [9.17, 15) is 8.42 Å². The lowest BCUT2D eigenvalue weighted by Gasteiger charge is -2.20. The SMILES string of the molecule is CCCCCCCCCCC(CBr)C1CCS(=O)(=O)C1. The maximum absolute atomic E-state index is 11.5. The summed E-state index contributed by atoms with van der Waals surface area (Å²) >= 11 is 3.58. The first kappa shape index (κ1) is 18.5. The minimum absolute atomic E-state index is 0.406. The molecule has 1 fully saturated rings. The van der Waals surface area contributed by atoms with Crippen molar-refractivity contribution in [1.29, 1.82) is 0 Å². The number of hydrogen-bond acceptors (Lipinski definition) is 2. The van der Waals surface area contributed by atoms with Crippen molar-refractivity contribution >= 4 is 25.8 Å². The van der Waals surface area contributed by atoms with E-state index in [0.29, 0.717) is 23.3 Å². The van der Waals surface area contributed by atoms with Gasteiger partial charge in [0.15, 0.2) is 9.84 Å². The predicted octanol–water partition coefficient (Wildman–Crippen LogP) is 4.96. The molecule has 1 aliphatic heterocycles. The molecule has 0 aliphatic carbocycles. The van der Waals surface area contributed by atoms with Gasteiger partial charge in [-0.1, -0.05) is 74.2 Å². The van der Waals surface area contributed by atoms with Crippen LogP contribution in [0.3, 0.4) is 0 Å². The first-order valence-electron chi connectivity index (χ1n) is 8.35. The molecular formula is C16H31BrO2S. The zero-order valence-electron chi connectivity index (χ0n) is 12.9. The number of hydrogen-bond donors (Lipinski definition) is 0. The van der Waals surface area contributed by atoms with Crippen molar-refractivity contribution < 1.29 is 8.42 Å². The normalized spacial score (nSPS) is 23.0. The van der Waals surface area contributed by atoms with Crippen LogP contribution in [0.15, 0.2) is 0 Å². The minimum Gasteiger partial charge on any atom is -0.229 e. The second-order valence-corrected chi connectivity index (χ2v) is 9.22. The zero-order valence-corrected chi connectivity index (χ0v) is 15.4. The Hall–Kier alpha value is 0.430. The molecule has 1 rings (SSSR count). The Morgan fingerprint density at radius 2 is 1.65 bits per heavy atom. The van der Waals surface area contributed by atoms with E-state index >= 15 is 0 Å². The van der Waals surface area contributed by atoms with E-state index in [1.54, 1.807) is 0 Å². The van der Waals surface area contributed by atoms with Gasteiger partial charge in [-0.15, -0.1) is 0 Å². The Morgan fingerprint density at radius 1 is 1.05 bits per heavy atom. The van der Waals surface area contributed by atoms with E-state index in [2.05, 4.69) is 22.9 Å². The largest absolute Gasteiger partial charge is 0.229 e. The highest BCUT2D eigenvalue weighted by Crippen LogP contribution is 2.30. The van der Waals surface area contributed by atoms with Crippen molar-refractivity contribution in [3.05, 3.63) is 0 Å². The van der Waals surface area contributed by atoms with E-state index in [1.165, 1.54) is 57.8 Å². The summed E-state index contributed by atoms with van der Waals surface area (Å²) in [7, 11) is -2.72. The fourth-order valence-corrected chi connectivity index (χ4v) is 5.95. The van der Waals surface area contributed by atoms with Gasteiger partial charge in [0.25, 0.3) is 0 Å². The topological polar surface area (TPSA) is 34.1 Å². The molecule has 0 N–H and O–H groups in total. The van der Waals surface area contributed by atoms with E-state index in [4.69, 9.17) is 0 Å². The lowest BCUT2D eigenvalue weighted by Crippen LogP contribution is -2.17. The molecule has 0 spiro atoms. The van der Waals surface area contributed by atoms with E-state index < -0.39 is 9.84 Å². The van der Waals surface area contributed by atoms with Crippen LogP contribution in [0.4, 0.5) is 0 Å². The standard InChI is InChI=1S/C16H31BrO2S/c1-2-3-4-5-6-7-8-9-10-15(13-17)16-11-12-20(18,19)14-16/h15-16H,2-14H2,1H3. The van der Waals surface area contributed by atoms with Gasteiger partial charge in [-0.2, -0.15) is 0 Å². The van der Waals surface area contributed by atoms with Crippen LogP contribution in [-0.4, -0.2) is 25.3 Å². The second kappa shape index (κ2) is 10.2. The molecule has 0 aromatic heterocycles. The number of halogens is 1. The molecule has 2 atom stereocenters. The molecule has 0 bridgehead atoms. The van der Waals surface area contributed by atoms with Crippen molar-refractivity contribution in [3.63, 3.8) is 0 Å². The average Bonchev–Trinajstić information content (AvgIpc) is 2.77. The molecule has 2 unspecified atom stereocenters. The maximum atomic E-state index is 11.5. The zero-order chi connectivity index (χ0) is 14.8. The third kappa shape index (κ3) is 7.44. The summed E-state index contributed by atoms with van der Waals surface area (Å²) in [6.07, 6.45) is 12.8. The molecule has 1 heterocycles. The van der Waals surface area contributed by atoms with Gasteiger partial charge in [0, 0.05) is 5.33 Å². The molecular weight excluding hydrogens is 336 g/mol. The van der Waals surface area contributed by atoms with Crippen LogP contribution in [0.2, 0.25) is 0 Å². The van der Waals surface area contributed by atoms with Crippen molar-refractivity contribution in [2.75, 3.05) is 16.8 Å². The van der Waals surface area contributed by atoms with Crippen LogP contribution in [0.25, 0.3) is 0 Å². The maximum Gasteiger partial charge on any atom is 0.150 e. The Labute approximate surface area is 134 Å². The van der Waals surface area contributed by atoms with Crippen LogP contribution >= 0.6 is 15.9 Å². The molecule has 20 heavy (non-hydrogen) atoms. The molecule has 0 saturated carbocycles. The van der Waals surface area contributed by atoms with Crippen molar-refractivity contribution in [2.45, 2.75) is 71.1 Å². The molecule has 0 radical (unpaired) electrons. The van der Waals surface area contributed by atoms with E-state index in [1.807, 2.05) is 0 Å². The number of unbranched alkanes of at least 4 members (excludes halogenated alkanes) is 7. The van der Waals surface area contributed by atoms with E-state index in [0.717, 1.165) is 11.8 Å². The second-order valence-electron chi connectivity index (χ2n) is 6.34. The van der Waals surface area contributed by atoms with Crippen LogP contribution in [0.1, 0.15) is 71.1 Å². The van der Waals surface area contributed by atoms with Gasteiger partial charge in [0.2, 0.25) is 0 Å². The monoisotopic (exact) mass is 366 g/mol. The van der Waals surface area contributed by atoms with Gasteiger partial charge >= 0.3 is 0 Å². The highest BCUT2D eigenvalue weighted by Gasteiger charge is 2.32. The number of rotatable bonds is 11. The Morgan fingerprint density at radius 3 is 2.15 bits per heavy atom. The summed E-state index contributed by atoms with van der Waals surface area (Å²) in [5.74, 6) is 1.81. The lowest BCUT2D eigenvalue weighted by atomic mass is 9.89. The van der Waals surface area contributed by atoms with Crippen LogP contribution in [0.5, 0.6) is 0 Å². The first-order valence-corrected chi connectivity index (χ1v) is 11.3. The Balaban J connectivity index is 2.07. The van der Waals surface area contributed by atoms with Crippen molar-refractivity contribution in [1.82, 2.24) is 0 Å². The summed E-state index contributed by atoms with van der Waals surface area (Å²) in [6, 6.07) is 0. The average molecular weight is 367 g/mol. The molecule has 1 saturated heterocycles. The van der Waals surface area contributed by atoms with Crippen LogP contribution in [-0.2, 0) is 9.84 Å². The quantitative estimate of drug-likeness (QED) is 0.382. The van der Waals surface area contributed by atoms with Gasteiger partial charge in [-0.3, -0.25) is 0 Å². The highest BCUT2D eigenvalue weighted by molar-refractivity contribution is 9.09. The van der Waals surface area contributed by atoms with E-state index in [-0.39, 0.29) is 0 Å². The van der Waals surface area contributed by atoms with Gasteiger partial charge < -0.3 is 0 Å². The summed E-state index contributed by atoms with van der Waals surface area (Å²) in [5.41, 5.74) is 0. The first-order chi connectivity index (χ1) is 9.59. The molecule has 4 heteroatoms. The third-order valence-corrected chi connectivity index (χ3v) is 7.19. The predicted molar refractivity (Wildman–Crippen MR) is 91.3 cm³/mol.